The number of nitrogens with zero attached hydrogens (tertiary/aromatic N) is 2. The number of aromatic nitrogens is 2. The van der Waals surface area contributed by atoms with Gasteiger partial charge in [0.2, 0.25) is 0 Å². The number of aryl methyl sites for hydroxylation is 1. The fourth-order valence-electron chi connectivity index (χ4n) is 2.25. The number of nitrogens with one attached hydrogen (secondary N) is 1. The highest BCUT2D eigenvalue weighted by Gasteiger charge is 2.17. The third kappa shape index (κ3) is 3.49. The van der Waals surface area contributed by atoms with Gasteiger partial charge in [0.15, 0.2) is 0 Å². The van der Waals surface area contributed by atoms with Crippen molar-refractivity contribution in [3.63, 3.8) is 0 Å². The lowest BCUT2D eigenvalue weighted by molar-refractivity contribution is 0.625. The quantitative estimate of drug-likeness (QED) is 0.812. The summed E-state index contributed by atoms with van der Waals surface area (Å²) >= 11 is 0. The van der Waals surface area contributed by atoms with E-state index < -0.39 is 0 Å². The highest BCUT2D eigenvalue weighted by Crippen LogP contribution is 2.23. The predicted molar refractivity (Wildman–Crippen MR) is 81.8 cm³/mol. The van der Waals surface area contributed by atoms with Crippen molar-refractivity contribution in [1.82, 2.24) is 9.38 Å². The maximum atomic E-state index is 4.77. The summed E-state index contributed by atoms with van der Waals surface area (Å²) in [6.45, 7) is 8.79. The molecule has 0 fully saturated rings. The van der Waals surface area contributed by atoms with Gasteiger partial charge in [0.1, 0.15) is 11.5 Å². The number of pyridine rings is 1. The molecule has 3 heteroatoms. The van der Waals surface area contributed by atoms with Gasteiger partial charge in [-0.25, -0.2) is 4.98 Å². The van der Waals surface area contributed by atoms with E-state index in [1.807, 2.05) is 6.07 Å². The van der Waals surface area contributed by atoms with Crippen LogP contribution in [-0.2, 0) is 6.42 Å². The molecule has 2 aromatic heterocycles. The van der Waals surface area contributed by atoms with Gasteiger partial charge in [-0.15, -0.1) is 0 Å². The zero-order chi connectivity index (χ0) is 13.9. The van der Waals surface area contributed by atoms with Crippen molar-refractivity contribution >= 4 is 11.5 Å². The van der Waals surface area contributed by atoms with Gasteiger partial charge in [0, 0.05) is 11.7 Å². The molecule has 104 valence electrons. The molecule has 0 radical (unpaired) electrons. The number of hydrogen-bond acceptors (Lipinski definition) is 2. The van der Waals surface area contributed by atoms with Crippen LogP contribution in [0.25, 0.3) is 5.65 Å². The molecule has 0 amide bonds. The standard InChI is InChI=1S/C16H25N3/c1-5-6-7-10-13-15(18-16(2,3)4)19-12-9-8-11-14(19)17-13/h8-9,11-12,18H,5-7,10H2,1-4H3. The second kappa shape index (κ2) is 5.64. The van der Waals surface area contributed by atoms with Crippen LogP contribution in [0.5, 0.6) is 0 Å². The van der Waals surface area contributed by atoms with E-state index in [9.17, 15) is 0 Å². The smallest absolute Gasteiger partial charge is 0.138 e. The predicted octanol–water partition coefficient (Wildman–Crippen LogP) is 4.28. The molecule has 0 aliphatic heterocycles. The number of anilines is 1. The van der Waals surface area contributed by atoms with Crippen molar-refractivity contribution in [2.45, 2.75) is 58.9 Å². The Kier molecular flexibility index (Phi) is 4.13. The molecule has 0 unspecified atom stereocenters. The van der Waals surface area contributed by atoms with Gasteiger partial charge >= 0.3 is 0 Å². The number of imidazole rings is 1. The summed E-state index contributed by atoms with van der Waals surface area (Å²) < 4.78 is 2.16. The molecule has 2 heterocycles. The minimum atomic E-state index is 0.0469. The Bertz CT molecular complexity index is 534. The van der Waals surface area contributed by atoms with Crippen molar-refractivity contribution in [1.29, 1.82) is 0 Å². The summed E-state index contributed by atoms with van der Waals surface area (Å²) in [5.74, 6) is 1.15. The van der Waals surface area contributed by atoms with Crippen LogP contribution in [0.4, 0.5) is 5.82 Å². The topological polar surface area (TPSA) is 29.3 Å². The number of fused-ring (bicyclic) bond motifs is 1. The van der Waals surface area contributed by atoms with E-state index in [1.54, 1.807) is 0 Å². The maximum absolute atomic E-state index is 4.77. The molecule has 2 aromatic rings. The van der Waals surface area contributed by atoms with Crippen LogP contribution in [-0.4, -0.2) is 14.9 Å². The van der Waals surface area contributed by atoms with Gasteiger partial charge in [-0.05, 0) is 45.7 Å². The Morgan fingerprint density at radius 1 is 1.21 bits per heavy atom. The van der Waals surface area contributed by atoms with Crippen LogP contribution in [0.3, 0.4) is 0 Å². The highest BCUT2D eigenvalue weighted by molar-refractivity contribution is 5.56. The molecular formula is C16H25N3. The lowest BCUT2D eigenvalue weighted by atomic mass is 10.1. The molecule has 0 bridgehead atoms. The van der Waals surface area contributed by atoms with Crippen LogP contribution in [0.15, 0.2) is 24.4 Å². The molecule has 3 nitrogen and oxygen atoms in total. The van der Waals surface area contributed by atoms with E-state index in [4.69, 9.17) is 4.98 Å². The molecule has 1 N–H and O–H groups in total. The fraction of sp³-hybridized carbons (Fsp3) is 0.562. The van der Waals surface area contributed by atoms with Gasteiger partial charge in [-0.3, -0.25) is 4.40 Å². The van der Waals surface area contributed by atoms with Crippen molar-refractivity contribution in [3.05, 3.63) is 30.1 Å². The Balaban J connectivity index is 2.34. The Labute approximate surface area is 116 Å². The first-order valence-electron chi connectivity index (χ1n) is 7.25. The van der Waals surface area contributed by atoms with Gasteiger partial charge in [0.25, 0.3) is 0 Å². The summed E-state index contributed by atoms with van der Waals surface area (Å²) in [5, 5.41) is 3.60. The first kappa shape index (κ1) is 13.9. The SMILES string of the molecule is CCCCCc1nc2ccccn2c1NC(C)(C)C. The second-order valence-corrected chi connectivity index (χ2v) is 6.17. The number of rotatable bonds is 5. The van der Waals surface area contributed by atoms with Gasteiger partial charge in [0.05, 0.1) is 5.69 Å². The fourth-order valence-corrected chi connectivity index (χ4v) is 2.25. The number of hydrogen-bond donors (Lipinski definition) is 1. The summed E-state index contributed by atoms with van der Waals surface area (Å²) in [6.07, 6.45) is 6.85. The minimum absolute atomic E-state index is 0.0469. The van der Waals surface area contributed by atoms with E-state index >= 15 is 0 Å². The van der Waals surface area contributed by atoms with Crippen LogP contribution in [0, 0.1) is 0 Å². The summed E-state index contributed by atoms with van der Waals surface area (Å²) in [4.78, 5) is 4.77. The normalized spacial score (nSPS) is 12.0. The summed E-state index contributed by atoms with van der Waals surface area (Å²) in [5.41, 5.74) is 2.26. The average molecular weight is 259 g/mol. The lowest BCUT2D eigenvalue weighted by Crippen LogP contribution is -2.27. The van der Waals surface area contributed by atoms with Crippen molar-refractivity contribution in [3.8, 4) is 0 Å². The van der Waals surface area contributed by atoms with E-state index in [-0.39, 0.29) is 5.54 Å². The molecule has 0 aliphatic rings. The zero-order valence-corrected chi connectivity index (χ0v) is 12.5. The van der Waals surface area contributed by atoms with Gasteiger partial charge in [-0.2, -0.15) is 0 Å². The molecule has 19 heavy (non-hydrogen) atoms. The molecule has 2 rings (SSSR count). The third-order valence-electron chi connectivity index (χ3n) is 3.11. The Hall–Kier alpha value is -1.51. The monoisotopic (exact) mass is 259 g/mol. The van der Waals surface area contributed by atoms with E-state index in [1.165, 1.54) is 25.0 Å². The minimum Gasteiger partial charge on any atom is -0.365 e. The van der Waals surface area contributed by atoms with Crippen molar-refractivity contribution < 1.29 is 0 Å². The van der Waals surface area contributed by atoms with Crippen LogP contribution >= 0.6 is 0 Å². The first-order chi connectivity index (χ1) is 9.01. The summed E-state index contributed by atoms with van der Waals surface area (Å²) in [7, 11) is 0. The average Bonchev–Trinajstić information content (AvgIpc) is 2.66. The molecule has 0 aromatic carbocycles. The van der Waals surface area contributed by atoms with E-state index in [0.29, 0.717) is 0 Å². The van der Waals surface area contributed by atoms with Crippen molar-refractivity contribution in [2.75, 3.05) is 5.32 Å². The first-order valence-corrected chi connectivity index (χ1v) is 7.25. The maximum Gasteiger partial charge on any atom is 0.138 e. The molecule has 0 saturated heterocycles. The number of unbranched alkanes of at least 4 members (excludes halogenated alkanes) is 2. The molecular weight excluding hydrogens is 234 g/mol. The van der Waals surface area contributed by atoms with Crippen LogP contribution in [0.2, 0.25) is 0 Å². The molecule has 0 aliphatic carbocycles. The molecule has 0 spiro atoms. The van der Waals surface area contributed by atoms with E-state index in [0.717, 1.165) is 17.9 Å². The zero-order valence-electron chi connectivity index (χ0n) is 12.5. The van der Waals surface area contributed by atoms with Crippen LogP contribution in [0.1, 0.15) is 52.7 Å². The lowest BCUT2D eigenvalue weighted by Gasteiger charge is -2.22. The van der Waals surface area contributed by atoms with E-state index in [2.05, 4.69) is 55.7 Å². The molecule has 0 saturated carbocycles. The molecule has 0 atom stereocenters. The largest absolute Gasteiger partial charge is 0.365 e. The van der Waals surface area contributed by atoms with Gasteiger partial charge < -0.3 is 5.32 Å². The Morgan fingerprint density at radius 3 is 2.68 bits per heavy atom. The third-order valence-corrected chi connectivity index (χ3v) is 3.11. The van der Waals surface area contributed by atoms with Crippen molar-refractivity contribution in [2.24, 2.45) is 0 Å². The summed E-state index contributed by atoms with van der Waals surface area (Å²) in [6, 6.07) is 6.16. The Morgan fingerprint density at radius 2 is 2.00 bits per heavy atom. The van der Waals surface area contributed by atoms with Gasteiger partial charge in [-0.1, -0.05) is 25.8 Å². The second-order valence-electron chi connectivity index (χ2n) is 6.17. The van der Waals surface area contributed by atoms with Crippen LogP contribution < -0.4 is 5.32 Å². The highest BCUT2D eigenvalue weighted by atomic mass is 15.2.